The Hall–Kier alpha value is -3.00. The summed E-state index contributed by atoms with van der Waals surface area (Å²) in [5.41, 5.74) is 2.96. The van der Waals surface area contributed by atoms with Crippen LogP contribution in [0.25, 0.3) is 0 Å². The quantitative estimate of drug-likeness (QED) is 0.731. The number of para-hydroxylation sites is 1. The first kappa shape index (κ1) is 23.7. The van der Waals surface area contributed by atoms with Gasteiger partial charge < -0.3 is 14.7 Å². The molecule has 0 saturated carbocycles. The van der Waals surface area contributed by atoms with Gasteiger partial charge in [-0.1, -0.05) is 18.2 Å². The predicted octanol–water partition coefficient (Wildman–Crippen LogP) is 1.97. The Morgan fingerprint density at radius 2 is 1.81 bits per heavy atom. The molecular formula is C24H33N5O3. The summed E-state index contributed by atoms with van der Waals surface area (Å²) < 4.78 is 1.55. The average molecular weight is 440 g/mol. The first-order valence-electron chi connectivity index (χ1n) is 11.1. The van der Waals surface area contributed by atoms with Crippen molar-refractivity contribution in [3.8, 4) is 0 Å². The maximum atomic E-state index is 13.2. The van der Waals surface area contributed by atoms with Crippen LogP contribution in [-0.4, -0.2) is 64.4 Å². The van der Waals surface area contributed by atoms with Crippen molar-refractivity contribution in [1.82, 2.24) is 19.4 Å². The minimum atomic E-state index is -0.324. The van der Waals surface area contributed by atoms with Crippen molar-refractivity contribution in [2.75, 3.05) is 38.1 Å². The maximum absolute atomic E-state index is 13.2. The van der Waals surface area contributed by atoms with Crippen LogP contribution >= 0.6 is 0 Å². The fourth-order valence-corrected chi connectivity index (χ4v) is 4.17. The van der Waals surface area contributed by atoms with E-state index in [1.54, 1.807) is 23.3 Å². The van der Waals surface area contributed by atoms with Gasteiger partial charge in [-0.15, -0.1) is 0 Å². The molecule has 32 heavy (non-hydrogen) atoms. The van der Waals surface area contributed by atoms with E-state index in [2.05, 4.69) is 9.88 Å². The second-order valence-electron chi connectivity index (χ2n) is 8.49. The molecule has 0 unspecified atom stereocenters. The zero-order valence-corrected chi connectivity index (χ0v) is 19.5. The van der Waals surface area contributed by atoms with Gasteiger partial charge in [0.2, 0.25) is 11.8 Å². The molecule has 0 aliphatic carbocycles. The molecule has 8 heteroatoms. The number of anilines is 1. The van der Waals surface area contributed by atoms with E-state index in [4.69, 9.17) is 0 Å². The third-order valence-corrected chi connectivity index (χ3v) is 5.95. The molecule has 2 amide bonds. The number of hydrogen-bond acceptors (Lipinski definition) is 5. The van der Waals surface area contributed by atoms with Gasteiger partial charge in [-0.3, -0.25) is 14.2 Å². The topological polar surface area (TPSA) is 78.8 Å². The van der Waals surface area contributed by atoms with Crippen molar-refractivity contribution >= 4 is 17.5 Å². The van der Waals surface area contributed by atoms with Gasteiger partial charge in [0, 0.05) is 63.1 Å². The van der Waals surface area contributed by atoms with Crippen LogP contribution in [0.2, 0.25) is 0 Å². The fraction of sp³-hybridized carbons (Fsp3) is 0.500. The smallest absolute Gasteiger partial charge is 0.337 e. The van der Waals surface area contributed by atoms with Crippen LogP contribution in [0.3, 0.4) is 0 Å². The third-order valence-electron chi connectivity index (χ3n) is 5.95. The summed E-state index contributed by atoms with van der Waals surface area (Å²) >= 11 is 0. The van der Waals surface area contributed by atoms with E-state index in [-0.39, 0.29) is 23.9 Å². The minimum absolute atomic E-state index is 0.000974. The molecule has 0 N–H and O–H groups in total. The number of aromatic nitrogens is 2. The molecule has 8 nitrogen and oxygen atoms in total. The van der Waals surface area contributed by atoms with Crippen LogP contribution in [-0.2, 0) is 22.7 Å². The van der Waals surface area contributed by atoms with Crippen LogP contribution in [0.5, 0.6) is 0 Å². The number of benzene rings is 1. The van der Waals surface area contributed by atoms with Gasteiger partial charge >= 0.3 is 5.69 Å². The molecular weight excluding hydrogens is 406 g/mol. The van der Waals surface area contributed by atoms with E-state index < -0.39 is 0 Å². The van der Waals surface area contributed by atoms with Gasteiger partial charge in [-0.2, -0.15) is 4.98 Å². The van der Waals surface area contributed by atoms with E-state index in [0.717, 1.165) is 36.5 Å². The molecule has 3 rings (SSSR count). The lowest BCUT2D eigenvalue weighted by Gasteiger charge is -2.27. The first-order valence-corrected chi connectivity index (χ1v) is 11.1. The highest BCUT2D eigenvalue weighted by Crippen LogP contribution is 2.23. The Bertz CT molecular complexity index is 1030. The van der Waals surface area contributed by atoms with Gasteiger partial charge in [0.15, 0.2) is 0 Å². The molecule has 1 aromatic carbocycles. The minimum Gasteiger partial charge on any atom is -0.337 e. The number of carbonyl (C=O) groups is 2. The third kappa shape index (κ3) is 5.82. The number of aryl methyl sites for hydroxylation is 2. The van der Waals surface area contributed by atoms with Crippen molar-refractivity contribution in [3.05, 3.63) is 57.8 Å². The molecule has 1 aromatic heterocycles. The highest BCUT2D eigenvalue weighted by atomic mass is 16.2. The van der Waals surface area contributed by atoms with Crippen molar-refractivity contribution in [1.29, 1.82) is 0 Å². The molecule has 0 atom stereocenters. The van der Waals surface area contributed by atoms with Gasteiger partial charge in [0.05, 0.1) is 0 Å². The molecule has 2 aromatic rings. The summed E-state index contributed by atoms with van der Waals surface area (Å²) in [7, 11) is 2.03. The summed E-state index contributed by atoms with van der Waals surface area (Å²) in [4.78, 5) is 47.7. The van der Waals surface area contributed by atoms with E-state index in [1.165, 1.54) is 0 Å². The Balaban J connectivity index is 1.84. The number of carbonyl (C=O) groups excluding carboxylic acids is 2. The van der Waals surface area contributed by atoms with Gasteiger partial charge in [0.1, 0.15) is 0 Å². The first-order chi connectivity index (χ1) is 15.3. The summed E-state index contributed by atoms with van der Waals surface area (Å²) in [6.45, 7) is 8.77. The number of nitrogens with zero attached hydrogens (tertiary/aromatic N) is 5. The second kappa shape index (κ2) is 10.5. The maximum Gasteiger partial charge on any atom is 0.347 e. The monoisotopic (exact) mass is 439 g/mol. The van der Waals surface area contributed by atoms with Gasteiger partial charge in [-0.05, 0) is 51.6 Å². The Labute approximate surface area is 189 Å². The van der Waals surface area contributed by atoms with Crippen molar-refractivity contribution in [3.63, 3.8) is 0 Å². The number of hydrogen-bond donors (Lipinski definition) is 0. The van der Waals surface area contributed by atoms with Gasteiger partial charge in [-0.25, -0.2) is 4.79 Å². The fourth-order valence-electron chi connectivity index (χ4n) is 4.17. The Kier molecular flexibility index (Phi) is 7.80. The molecule has 0 saturated heterocycles. The van der Waals surface area contributed by atoms with Crippen LogP contribution < -0.4 is 10.6 Å². The largest absolute Gasteiger partial charge is 0.347 e. The lowest BCUT2D eigenvalue weighted by atomic mass is 10.1. The van der Waals surface area contributed by atoms with Gasteiger partial charge in [0.25, 0.3) is 0 Å². The second-order valence-corrected chi connectivity index (χ2v) is 8.49. The van der Waals surface area contributed by atoms with E-state index in [9.17, 15) is 14.4 Å². The number of rotatable bonds is 3. The standard InChI is InChI=1S/C24H33N5O3/c1-18-16-19(2)28(24(32)25-18)13-10-23(31)27-15-14-26(4)11-7-12-29(20(3)30)22-9-6-5-8-21(22)17-27/h5-6,8-9,16H,7,10-15,17H2,1-4H3. The molecule has 0 spiro atoms. The average Bonchev–Trinajstić information content (AvgIpc) is 2.76. The molecule has 0 bridgehead atoms. The van der Waals surface area contributed by atoms with Crippen molar-refractivity contribution in [2.45, 2.75) is 46.7 Å². The summed E-state index contributed by atoms with van der Waals surface area (Å²) in [5, 5.41) is 0. The highest BCUT2D eigenvalue weighted by Gasteiger charge is 2.21. The Morgan fingerprint density at radius 3 is 2.53 bits per heavy atom. The normalized spacial score (nSPS) is 15.8. The lowest BCUT2D eigenvalue weighted by molar-refractivity contribution is -0.132. The van der Waals surface area contributed by atoms with Crippen LogP contribution in [0, 0.1) is 13.8 Å². The molecule has 1 aliphatic rings. The molecule has 2 heterocycles. The Morgan fingerprint density at radius 1 is 1.06 bits per heavy atom. The number of fused-ring (bicyclic) bond motifs is 1. The summed E-state index contributed by atoms with van der Waals surface area (Å²) in [6, 6.07) is 9.63. The molecule has 172 valence electrons. The van der Waals surface area contributed by atoms with Crippen LogP contribution in [0.15, 0.2) is 35.1 Å². The molecule has 0 fully saturated rings. The summed E-state index contributed by atoms with van der Waals surface area (Å²) in [5.74, 6) is -0.0207. The number of amides is 2. The van der Waals surface area contributed by atoms with Crippen molar-refractivity contribution < 1.29 is 9.59 Å². The highest BCUT2D eigenvalue weighted by molar-refractivity contribution is 5.92. The number of likely N-dealkylation sites (N-methyl/N-ethyl adjacent to an activating group) is 1. The zero-order chi connectivity index (χ0) is 23.3. The summed E-state index contributed by atoms with van der Waals surface area (Å²) in [6.07, 6.45) is 1.08. The van der Waals surface area contributed by atoms with E-state index in [1.807, 2.05) is 49.2 Å². The molecule has 0 radical (unpaired) electrons. The van der Waals surface area contributed by atoms with Crippen LogP contribution in [0.4, 0.5) is 5.69 Å². The van der Waals surface area contributed by atoms with Crippen molar-refractivity contribution in [2.24, 2.45) is 0 Å². The van der Waals surface area contributed by atoms with E-state index in [0.29, 0.717) is 31.9 Å². The van der Waals surface area contributed by atoms with Crippen LogP contribution in [0.1, 0.15) is 36.7 Å². The van der Waals surface area contributed by atoms with E-state index >= 15 is 0 Å². The SMILES string of the molecule is CC(=O)N1CCCN(C)CCN(C(=O)CCn2c(C)cc(C)nc2=O)Cc2ccccc21. The molecule has 1 aliphatic heterocycles. The zero-order valence-electron chi connectivity index (χ0n) is 19.5. The lowest BCUT2D eigenvalue weighted by Crippen LogP contribution is -2.38. The predicted molar refractivity (Wildman–Crippen MR) is 125 cm³/mol.